The second kappa shape index (κ2) is 7.34. The molecule has 0 heterocycles. The highest BCUT2D eigenvalue weighted by atomic mass is 35.5. The topological polar surface area (TPSA) is 21.7 Å². The third-order valence-corrected chi connectivity index (χ3v) is 3.48. The van der Waals surface area contributed by atoms with E-state index in [2.05, 4.69) is 24.1 Å². The molecule has 0 radical (unpaired) electrons. The van der Waals surface area contributed by atoms with Crippen molar-refractivity contribution in [3.8, 4) is 11.5 Å². The largest absolute Gasteiger partial charge is 0.493 e. The minimum atomic E-state index is 0.749. The molecule has 0 atom stereocenters. The molecule has 0 aliphatic rings. The summed E-state index contributed by atoms with van der Waals surface area (Å²) in [5.41, 5.74) is 2.38. The Morgan fingerprint density at radius 2 is 1.57 bits per heavy atom. The summed E-state index contributed by atoms with van der Waals surface area (Å²) in [6.45, 7) is 1.67. The zero-order chi connectivity index (χ0) is 15.2. The molecule has 0 aliphatic heterocycles. The lowest BCUT2D eigenvalue weighted by atomic mass is 10.1. The Balaban J connectivity index is 2.04. The van der Waals surface area contributed by atoms with E-state index >= 15 is 0 Å². The molecule has 3 nitrogen and oxygen atoms in total. The van der Waals surface area contributed by atoms with Crippen molar-refractivity contribution >= 4 is 11.6 Å². The van der Waals surface area contributed by atoms with E-state index in [1.807, 2.05) is 30.3 Å². The maximum atomic E-state index is 6.01. The summed E-state index contributed by atoms with van der Waals surface area (Å²) in [6, 6.07) is 13.9. The fourth-order valence-electron chi connectivity index (χ4n) is 2.29. The second-order valence-corrected chi connectivity index (χ2v) is 5.43. The van der Waals surface area contributed by atoms with Gasteiger partial charge < -0.3 is 9.47 Å². The second-order valence-electron chi connectivity index (χ2n) is 4.99. The SMILES string of the molecule is COc1ccc(CN(C)Cc2cccc(Cl)c2)cc1OC. The molecule has 0 N–H and O–H groups in total. The van der Waals surface area contributed by atoms with Gasteiger partial charge in [-0.2, -0.15) is 0 Å². The van der Waals surface area contributed by atoms with Crippen molar-refractivity contribution in [3.63, 3.8) is 0 Å². The van der Waals surface area contributed by atoms with Crippen LogP contribution in [-0.2, 0) is 13.1 Å². The Morgan fingerprint density at radius 1 is 0.905 bits per heavy atom. The number of halogens is 1. The molecular formula is C17H20ClNO2. The number of methoxy groups -OCH3 is 2. The quantitative estimate of drug-likeness (QED) is 0.805. The highest BCUT2D eigenvalue weighted by Crippen LogP contribution is 2.28. The molecule has 0 fully saturated rings. The molecule has 4 heteroatoms. The van der Waals surface area contributed by atoms with Crippen LogP contribution >= 0.6 is 11.6 Å². The lowest BCUT2D eigenvalue weighted by Crippen LogP contribution is -2.17. The Hall–Kier alpha value is -1.71. The zero-order valence-corrected chi connectivity index (χ0v) is 13.4. The van der Waals surface area contributed by atoms with Crippen molar-refractivity contribution < 1.29 is 9.47 Å². The van der Waals surface area contributed by atoms with Crippen molar-refractivity contribution in [1.82, 2.24) is 4.90 Å². The number of ether oxygens (including phenoxy) is 2. The molecule has 0 saturated heterocycles. The predicted octanol–water partition coefficient (Wildman–Crippen LogP) is 3.99. The Morgan fingerprint density at radius 3 is 2.19 bits per heavy atom. The van der Waals surface area contributed by atoms with Gasteiger partial charge in [0.1, 0.15) is 0 Å². The standard InChI is InChI=1S/C17H20ClNO2/c1-19(11-13-5-4-6-15(18)9-13)12-14-7-8-16(20-2)17(10-14)21-3/h4-10H,11-12H2,1-3H3. The summed E-state index contributed by atoms with van der Waals surface area (Å²) < 4.78 is 10.6. The molecule has 0 bridgehead atoms. The summed E-state index contributed by atoms with van der Waals surface area (Å²) in [7, 11) is 5.37. The van der Waals surface area contributed by atoms with Crippen molar-refractivity contribution in [2.45, 2.75) is 13.1 Å². The van der Waals surface area contributed by atoms with Crippen LogP contribution in [0.25, 0.3) is 0 Å². The molecule has 0 unspecified atom stereocenters. The number of hydrogen-bond acceptors (Lipinski definition) is 3. The first-order valence-corrected chi connectivity index (χ1v) is 7.14. The normalized spacial score (nSPS) is 10.7. The molecule has 21 heavy (non-hydrogen) atoms. The molecule has 112 valence electrons. The molecule has 0 saturated carbocycles. The van der Waals surface area contributed by atoms with E-state index in [9.17, 15) is 0 Å². The summed E-state index contributed by atoms with van der Waals surface area (Å²) in [5.74, 6) is 1.50. The van der Waals surface area contributed by atoms with Crippen LogP contribution in [0, 0.1) is 0 Å². The zero-order valence-electron chi connectivity index (χ0n) is 12.6. The predicted molar refractivity (Wildman–Crippen MR) is 86.2 cm³/mol. The first kappa shape index (κ1) is 15.7. The molecule has 2 aromatic carbocycles. The Bertz CT molecular complexity index is 601. The van der Waals surface area contributed by atoms with E-state index in [0.717, 1.165) is 29.6 Å². The summed E-state index contributed by atoms with van der Waals surface area (Å²) >= 11 is 6.01. The molecule has 0 spiro atoms. The Kier molecular flexibility index (Phi) is 5.48. The lowest BCUT2D eigenvalue weighted by molar-refractivity contribution is 0.316. The summed E-state index contributed by atoms with van der Waals surface area (Å²) in [4.78, 5) is 2.23. The molecule has 0 aromatic heterocycles. The van der Waals surface area contributed by atoms with Crippen LogP contribution in [-0.4, -0.2) is 26.2 Å². The van der Waals surface area contributed by atoms with Gasteiger partial charge in [-0.15, -0.1) is 0 Å². The molecule has 0 aliphatic carbocycles. The molecular weight excluding hydrogens is 286 g/mol. The smallest absolute Gasteiger partial charge is 0.161 e. The van der Waals surface area contributed by atoms with E-state index in [1.165, 1.54) is 11.1 Å². The lowest BCUT2D eigenvalue weighted by Gasteiger charge is -2.18. The maximum Gasteiger partial charge on any atom is 0.161 e. The average molecular weight is 306 g/mol. The van der Waals surface area contributed by atoms with Crippen molar-refractivity contribution in [2.75, 3.05) is 21.3 Å². The summed E-state index contributed by atoms with van der Waals surface area (Å²) in [5, 5.41) is 0.770. The highest BCUT2D eigenvalue weighted by molar-refractivity contribution is 6.30. The third-order valence-electron chi connectivity index (χ3n) is 3.24. The minimum Gasteiger partial charge on any atom is -0.493 e. The van der Waals surface area contributed by atoms with Gasteiger partial charge in [0.15, 0.2) is 11.5 Å². The fraction of sp³-hybridized carbons (Fsp3) is 0.294. The van der Waals surface area contributed by atoms with Gasteiger partial charge in [-0.05, 0) is 42.4 Å². The van der Waals surface area contributed by atoms with Crippen molar-refractivity contribution in [2.24, 2.45) is 0 Å². The van der Waals surface area contributed by atoms with Crippen LogP contribution in [0.2, 0.25) is 5.02 Å². The van der Waals surface area contributed by atoms with Crippen LogP contribution < -0.4 is 9.47 Å². The molecule has 2 aromatic rings. The van der Waals surface area contributed by atoms with E-state index < -0.39 is 0 Å². The van der Waals surface area contributed by atoms with Gasteiger partial charge in [0.2, 0.25) is 0 Å². The van der Waals surface area contributed by atoms with Crippen LogP contribution in [0.5, 0.6) is 11.5 Å². The van der Waals surface area contributed by atoms with Crippen LogP contribution in [0.1, 0.15) is 11.1 Å². The van der Waals surface area contributed by atoms with Gasteiger partial charge in [0.05, 0.1) is 14.2 Å². The first-order valence-electron chi connectivity index (χ1n) is 6.76. The van der Waals surface area contributed by atoms with Crippen LogP contribution in [0.3, 0.4) is 0 Å². The average Bonchev–Trinajstić information content (AvgIpc) is 2.47. The Labute approximate surface area is 131 Å². The third kappa shape index (κ3) is 4.38. The van der Waals surface area contributed by atoms with Gasteiger partial charge in [-0.3, -0.25) is 4.90 Å². The maximum absolute atomic E-state index is 6.01. The van der Waals surface area contributed by atoms with Gasteiger partial charge in [-0.1, -0.05) is 29.8 Å². The van der Waals surface area contributed by atoms with Gasteiger partial charge in [0, 0.05) is 18.1 Å². The van der Waals surface area contributed by atoms with Crippen molar-refractivity contribution in [1.29, 1.82) is 0 Å². The number of hydrogen-bond donors (Lipinski definition) is 0. The van der Waals surface area contributed by atoms with Gasteiger partial charge in [-0.25, -0.2) is 0 Å². The van der Waals surface area contributed by atoms with Crippen LogP contribution in [0.4, 0.5) is 0 Å². The number of nitrogens with zero attached hydrogens (tertiary/aromatic N) is 1. The monoisotopic (exact) mass is 305 g/mol. The van der Waals surface area contributed by atoms with E-state index in [-0.39, 0.29) is 0 Å². The van der Waals surface area contributed by atoms with Gasteiger partial charge in [0.25, 0.3) is 0 Å². The number of benzene rings is 2. The van der Waals surface area contributed by atoms with Gasteiger partial charge >= 0.3 is 0 Å². The molecule has 0 amide bonds. The highest BCUT2D eigenvalue weighted by Gasteiger charge is 2.07. The van der Waals surface area contributed by atoms with Crippen LogP contribution in [0.15, 0.2) is 42.5 Å². The van der Waals surface area contributed by atoms with E-state index in [4.69, 9.17) is 21.1 Å². The van der Waals surface area contributed by atoms with Crippen molar-refractivity contribution in [3.05, 3.63) is 58.6 Å². The summed E-state index contributed by atoms with van der Waals surface area (Å²) in [6.07, 6.45) is 0. The molecule has 2 rings (SSSR count). The minimum absolute atomic E-state index is 0.749. The van der Waals surface area contributed by atoms with E-state index in [1.54, 1.807) is 14.2 Å². The van der Waals surface area contributed by atoms with E-state index in [0.29, 0.717) is 0 Å². The first-order chi connectivity index (χ1) is 10.1. The number of rotatable bonds is 6. The fourth-order valence-corrected chi connectivity index (χ4v) is 2.51.